The summed E-state index contributed by atoms with van der Waals surface area (Å²) in [5.74, 6) is 0. The first-order chi connectivity index (χ1) is 6.91. The van der Waals surface area contributed by atoms with Crippen LogP contribution in [0.5, 0.6) is 0 Å². The molecule has 1 aliphatic heterocycles. The zero-order valence-electron chi connectivity index (χ0n) is 10.7. The second-order valence-corrected chi connectivity index (χ2v) is 6.63. The minimum absolute atomic E-state index is 0.119. The van der Waals surface area contributed by atoms with Crippen LogP contribution in [0.4, 0.5) is 13.2 Å². The third-order valence-electron chi connectivity index (χ3n) is 3.66. The summed E-state index contributed by atoms with van der Waals surface area (Å²) < 4.78 is 44.3. The third-order valence-corrected chi connectivity index (χ3v) is 3.66. The van der Waals surface area contributed by atoms with Crippen molar-refractivity contribution < 1.29 is 17.9 Å². The maximum absolute atomic E-state index is 13.1. The first-order valence-electron chi connectivity index (χ1n) is 5.56. The highest BCUT2D eigenvalue weighted by Crippen LogP contribution is 2.58. The molecule has 0 bridgehead atoms. The summed E-state index contributed by atoms with van der Waals surface area (Å²) in [7, 11) is 0. The Morgan fingerprint density at radius 1 is 1.00 bits per heavy atom. The van der Waals surface area contributed by atoms with Crippen LogP contribution in [0.2, 0.25) is 0 Å². The maximum Gasteiger partial charge on any atom is 0.394 e. The second-order valence-electron chi connectivity index (χ2n) is 6.63. The van der Waals surface area contributed by atoms with Crippen molar-refractivity contribution in [2.24, 2.45) is 16.2 Å². The molecule has 0 aliphatic carbocycles. The number of alkyl halides is 3. The van der Waals surface area contributed by atoms with Crippen LogP contribution in [0.1, 0.15) is 41.0 Å². The van der Waals surface area contributed by atoms with E-state index >= 15 is 0 Å². The highest BCUT2D eigenvalue weighted by molar-refractivity contribution is 5.02. The average molecular weight is 238 g/mol. The van der Waals surface area contributed by atoms with Crippen molar-refractivity contribution in [1.82, 2.24) is 0 Å². The van der Waals surface area contributed by atoms with E-state index in [1.807, 2.05) is 20.8 Å². The van der Waals surface area contributed by atoms with Crippen LogP contribution < -0.4 is 0 Å². The van der Waals surface area contributed by atoms with Gasteiger partial charge < -0.3 is 4.74 Å². The summed E-state index contributed by atoms with van der Waals surface area (Å²) >= 11 is 0. The lowest BCUT2D eigenvalue weighted by Gasteiger charge is -2.55. The molecule has 1 heterocycles. The van der Waals surface area contributed by atoms with Crippen molar-refractivity contribution in [2.45, 2.75) is 47.2 Å². The molecule has 4 heteroatoms. The molecule has 0 radical (unpaired) electrons. The Balaban J connectivity index is 2.97. The van der Waals surface area contributed by atoms with Crippen molar-refractivity contribution in [2.75, 3.05) is 13.2 Å². The van der Waals surface area contributed by atoms with Gasteiger partial charge in [-0.25, -0.2) is 0 Å². The molecule has 0 aromatic heterocycles. The average Bonchev–Trinajstić information content (AvgIpc) is 1.92. The minimum Gasteiger partial charge on any atom is -0.380 e. The Morgan fingerprint density at radius 2 is 1.44 bits per heavy atom. The molecule has 0 aromatic carbocycles. The second kappa shape index (κ2) is 3.62. The first kappa shape index (κ1) is 13.8. The smallest absolute Gasteiger partial charge is 0.380 e. The summed E-state index contributed by atoms with van der Waals surface area (Å²) in [6.45, 7) is 8.94. The molecule has 16 heavy (non-hydrogen) atoms. The van der Waals surface area contributed by atoms with E-state index in [1.54, 1.807) is 0 Å². The van der Waals surface area contributed by atoms with Gasteiger partial charge in [-0.3, -0.25) is 0 Å². The Labute approximate surface area is 95.4 Å². The molecule has 1 rings (SSSR count). The normalized spacial score (nSPS) is 21.8. The molecule has 1 fully saturated rings. The standard InChI is InChI=1S/C12H21F3O/c1-9(2,3)6-11(7-16-8-11)10(4,5)12(13,14)15/h6-8H2,1-5H3. The summed E-state index contributed by atoms with van der Waals surface area (Å²) in [4.78, 5) is 0. The number of hydrogen-bond acceptors (Lipinski definition) is 1. The SMILES string of the molecule is CC(C)(C)CC1(C(C)(C)C(F)(F)F)COC1. The van der Waals surface area contributed by atoms with Gasteiger partial charge in [0.2, 0.25) is 0 Å². The molecule has 0 N–H and O–H groups in total. The zero-order valence-corrected chi connectivity index (χ0v) is 10.7. The fourth-order valence-corrected chi connectivity index (χ4v) is 2.35. The van der Waals surface area contributed by atoms with Gasteiger partial charge in [-0.1, -0.05) is 34.6 Å². The van der Waals surface area contributed by atoms with Gasteiger partial charge in [-0.05, 0) is 11.8 Å². The molecule has 0 spiro atoms. The van der Waals surface area contributed by atoms with E-state index in [1.165, 1.54) is 13.8 Å². The molecule has 0 unspecified atom stereocenters. The highest BCUT2D eigenvalue weighted by atomic mass is 19.4. The maximum atomic E-state index is 13.1. The van der Waals surface area contributed by atoms with Crippen molar-refractivity contribution in [3.8, 4) is 0 Å². The van der Waals surface area contributed by atoms with Crippen molar-refractivity contribution in [3.05, 3.63) is 0 Å². The molecule has 96 valence electrons. The Kier molecular flexibility index (Phi) is 3.13. The molecule has 1 aliphatic rings. The number of ether oxygens (including phenoxy) is 1. The largest absolute Gasteiger partial charge is 0.394 e. The fourth-order valence-electron chi connectivity index (χ4n) is 2.35. The van der Waals surface area contributed by atoms with Gasteiger partial charge in [0.05, 0.1) is 18.6 Å². The van der Waals surface area contributed by atoms with Crippen molar-refractivity contribution in [3.63, 3.8) is 0 Å². The van der Waals surface area contributed by atoms with Crippen LogP contribution in [-0.2, 0) is 4.74 Å². The summed E-state index contributed by atoms with van der Waals surface area (Å²) in [5, 5.41) is 0. The first-order valence-corrected chi connectivity index (χ1v) is 5.56. The number of rotatable bonds is 2. The van der Waals surface area contributed by atoms with Gasteiger partial charge in [-0.2, -0.15) is 13.2 Å². The predicted molar refractivity (Wildman–Crippen MR) is 57.2 cm³/mol. The number of halogens is 3. The molecule has 0 amide bonds. The Bertz CT molecular complexity index is 256. The van der Waals surface area contributed by atoms with E-state index in [-0.39, 0.29) is 18.6 Å². The lowest BCUT2D eigenvalue weighted by molar-refractivity contribution is -0.307. The zero-order chi connectivity index (χ0) is 12.8. The quantitative estimate of drug-likeness (QED) is 0.705. The van der Waals surface area contributed by atoms with E-state index < -0.39 is 17.0 Å². The molecule has 0 aromatic rings. The monoisotopic (exact) mass is 238 g/mol. The molecule has 0 saturated carbocycles. The lowest BCUT2D eigenvalue weighted by atomic mass is 9.58. The van der Waals surface area contributed by atoms with E-state index in [2.05, 4.69) is 0 Å². The molecular formula is C12H21F3O. The highest BCUT2D eigenvalue weighted by Gasteiger charge is 2.64. The topological polar surface area (TPSA) is 9.23 Å². The van der Waals surface area contributed by atoms with Gasteiger partial charge >= 0.3 is 6.18 Å². The van der Waals surface area contributed by atoms with E-state index in [0.29, 0.717) is 6.42 Å². The summed E-state index contributed by atoms with van der Waals surface area (Å²) in [5.41, 5.74) is -2.57. The lowest BCUT2D eigenvalue weighted by Crippen LogP contribution is -2.60. The predicted octanol–water partition coefficient (Wildman–Crippen LogP) is 4.03. The van der Waals surface area contributed by atoms with Gasteiger partial charge in [0, 0.05) is 5.41 Å². The van der Waals surface area contributed by atoms with Crippen LogP contribution in [0.15, 0.2) is 0 Å². The van der Waals surface area contributed by atoms with Crippen molar-refractivity contribution >= 4 is 0 Å². The molecule has 1 nitrogen and oxygen atoms in total. The van der Waals surface area contributed by atoms with Gasteiger partial charge in [0.15, 0.2) is 0 Å². The van der Waals surface area contributed by atoms with Crippen LogP contribution in [0, 0.1) is 16.2 Å². The Hall–Kier alpha value is -0.250. The van der Waals surface area contributed by atoms with Crippen LogP contribution in [0.3, 0.4) is 0 Å². The number of hydrogen-bond donors (Lipinski definition) is 0. The van der Waals surface area contributed by atoms with Crippen LogP contribution in [0.25, 0.3) is 0 Å². The summed E-state index contributed by atoms with van der Waals surface area (Å²) in [6, 6.07) is 0. The summed E-state index contributed by atoms with van der Waals surface area (Å²) in [6.07, 6.45) is -3.64. The van der Waals surface area contributed by atoms with E-state index in [4.69, 9.17) is 4.74 Å². The third kappa shape index (κ3) is 2.22. The van der Waals surface area contributed by atoms with Gasteiger partial charge in [0.25, 0.3) is 0 Å². The Morgan fingerprint density at radius 3 is 1.62 bits per heavy atom. The van der Waals surface area contributed by atoms with Gasteiger partial charge in [-0.15, -0.1) is 0 Å². The van der Waals surface area contributed by atoms with E-state index in [0.717, 1.165) is 0 Å². The minimum atomic E-state index is -4.18. The molecule has 0 atom stereocenters. The molecule has 1 saturated heterocycles. The van der Waals surface area contributed by atoms with Crippen LogP contribution >= 0.6 is 0 Å². The fraction of sp³-hybridized carbons (Fsp3) is 1.00. The molecular weight excluding hydrogens is 217 g/mol. The van der Waals surface area contributed by atoms with E-state index in [9.17, 15) is 13.2 Å². The van der Waals surface area contributed by atoms with Crippen molar-refractivity contribution in [1.29, 1.82) is 0 Å². The van der Waals surface area contributed by atoms with Gasteiger partial charge in [0.1, 0.15) is 0 Å². The van der Waals surface area contributed by atoms with Crippen LogP contribution in [-0.4, -0.2) is 19.4 Å².